The Morgan fingerprint density at radius 1 is 0.944 bits per heavy atom. The van der Waals surface area contributed by atoms with Crippen LogP contribution in [0.5, 0.6) is 5.75 Å². The van der Waals surface area contributed by atoms with E-state index < -0.39 is 17.7 Å². The van der Waals surface area contributed by atoms with Gasteiger partial charge in [-0.25, -0.2) is 14.6 Å². The van der Waals surface area contributed by atoms with Crippen molar-refractivity contribution in [2.24, 2.45) is 0 Å². The molecule has 5 rings (SSSR count). The minimum absolute atomic E-state index is 0.180. The van der Waals surface area contributed by atoms with Crippen LogP contribution in [0.2, 0.25) is 0 Å². The summed E-state index contributed by atoms with van der Waals surface area (Å²) < 4.78 is 7.15. The Morgan fingerprint density at radius 3 is 2.33 bits per heavy atom. The molecule has 180 valence electrons. The van der Waals surface area contributed by atoms with E-state index in [4.69, 9.17) is 4.74 Å². The molecule has 9 heteroatoms. The van der Waals surface area contributed by atoms with Gasteiger partial charge in [-0.1, -0.05) is 0 Å². The molecule has 0 fully saturated rings. The Balaban J connectivity index is 1.33. The van der Waals surface area contributed by atoms with Crippen LogP contribution >= 0.6 is 0 Å². The maximum atomic E-state index is 13.1. The van der Waals surface area contributed by atoms with E-state index in [-0.39, 0.29) is 16.7 Å². The standard InChI is InChI=1S/C27H23N5O4/c1-4-36-21-9-7-20(8-10-21)31-26(34)22-11-5-18(14-23(22)27(31)35)25(33)29-19-6-12-24(28-15-19)32-17(3)13-16(2)30-32/h5-15H,4H2,1-3H3,(H,29,33). The Hall–Kier alpha value is -4.79. The van der Waals surface area contributed by atoms with Gasteiger partial charge in [0, 0.05) is 11.3 Å². The van der Waals surface area contributed by atoms with Crippen LogP contribution in [-0.2, 0) is 0 Å². The van der Waals surface area contributed by atoms with Crippen LogP contribution < -0.4 is 15.0 Å². The molecule has 36 heavy (non-hydrogen) atoms. The fourth-order valence-electron chi connectivity index (χ4n) is 4.12. The van der Waals surface area contributed by atoms with E-state index in [0.29, 0.717) is 29.5 Å². The van der Waals surface area contributed by atoms with Crippen molar-refractivity contribution >= 4 is 29.1 Å². The molecule has 1 aliphatic rings. The molecule has 9 nitrogen and oxygen atoms in total. The van der Waals surface area contributed by atoms with Crippen LogP contribution in [0.4, 0.5) is 11.4 Å². The number of carbonyl (C=O) groups is 3. The number of aromatic nitrogens is 3. The van der Waals surface area contributed by atoms with Crippen LogP contribution in [0.25, 0.3) is 5.82 Å². The lowest BCUT2D eigenvalue weighted by atomic mass is 10.1. The Kier molecular flexibility index (Phi) is 5.81. The number of rotatable bonds is 6. The Bertz CT molecular complexity index is 1490. The molecule has 0 bridgehead atoms. The van der Waals surface area contributed by atoms with Crippen molar-refractivity contribution in [1.82, 2.24) is 14.8 Å². The fraction of sp³-hybridized carbons (Fsp3) is 0.148. The van der Waals surface area contributed by atoms with E-state index in [1.165, 1.54) is 18.2 Å². The average molecular weight is 482 g/mol. The topological polar surface area (TPSA) is 106 Å². The first-order valence-corrected chi connectivity index (χ1v) is 11.4. The van der Waals surface area contributed by atoms with Crippen molar-refractivity contribution in [2.75, 3.05) is 16.8 Å². The summed E-state index contributed by atoms with van der Waals surface area (Å²) in [5.41, 5.74) is 3.45. The monoisotopic (exact) mass is 481 g/mol. The summed E-state index contributed by atoms with van der Waals surface area (Å²) in [6.07, 6.45) is 1.54. The smallest absolute Gasteiger partial charge is 0.266 e. The predicted molar refractivity (Wildman–Crippen MR) is 134 cm³/mol. The van der Waals surface area contributed by atoms with Crippen LogP contribution in [-0.4, -0.2) is 39.1 Å². The third-order valence-electron chi connectivity index (χ3n) is 5.79. The molecule has 0 spiro atoms. The number of hydrogen-bond donors (Lipinski definition) is 1. The number of aryl methyl sites for hydroxylation is 2. The summed E-state index contributed by atoms with van der Waals surface area (Å²) >= 11 is 0. The second kappa shape index (κ2) is 9.10. The number of ether oxygens (including phenoxy) is 1. The number of fused-ring (bicyclic) bond motifs is 1. The van der Waals surface area contributed by atoms with Crippen molar-refractivity contribution in [3.8, 4) is 11.6 Å². The molecule has 0 radical (unpaired) electrons. The number of nitrogens with one attached hydrogen (secondary N) is 1. The van der Waals surface area contributed by atoms with E-state index >= 15 is 0 Å². The first-order valence-electron chi connectivity index (χ1n) is 11.4. The van der Waals surface area contributed by atoms with Gasteiger partial charge in [-0.15, -0.1) is 0 Å². The molecule has 0 aliphatic carbocycles. The third-order valence-corrected chi connectivity index (χ3v) is 5.79. The first kappa shape index (κ1) is 23.0. The zero-order valence-electron chi connectivity index (χ0n) is 20.0. The zero-order valence-corrected chi connectivity index (χ0v) is 20.0. The summed E-state index contributed by atoms with van der Waals surface area (Å²) in [5, 5.41) is 7.18. The summed E-state index contributed by atoms with van der Waals surface area (Å²) in [6.45, 7) is 6.24. The SMILES string of the molecule is CCOc1ccc(N2C(=O)c3ccc(C(=O)Nc4ccc(-n5nc(C)cc5C)nc4)cc3C2=O)cc1. The van der Waals surface area contributed by atoms with Gasteiger partial charge in [0.25, 0.3) is 17.7 Å². The van der Waals surface area contributed by atoms with E-state index in [1.54, 1.807) is 47.3 Å². The molecule has 0 saturated heterocycles. The molecule has 3 amide bonds. The van der Waals surface area contributed by atoms with Gasteiger partial charge in [-0.3, -0.25) is 14.4 Å². The number of imide groups is 1. The van der Waals surface area contributed by atoms with Gasteiger partial charge in [-0.2, -0.15) is 5.10 Å². The quantitative estimate of drug-likeness (QED) is 0.411. The highest BCUT2D eigenvalue weighted by Gasteiger charge is 2.37. The summed E-state index contributed by atoms with van der Waals surface area (Å²) in [7, 11) is 0. The molecule has 0 atom stereocenters. The molecular formula is C27H23N5O4. The number of anilines is 2. The van der Waals surface area contributed by atoms with Crippen molar-refractivity contribution < 1.29 is 19.1 Å². The predicted octanol–water partition coefficient (Wildman–Crippen LogP) is 4.34. The van der Waals surface area contributed by atoms with Crippen molar-refractivity contribution in [2.45, 2.75) is 20.8 Å². The lowest BCUT2D eigenvalue weighted by Crippen LogP contribution is -2.29. The lowest BCUT2D eigenvalue weighted by molar-refractivity contribution is 0.0925. The fourth-order valence-corrected chi connectivity index (χ4v) is 4.12. The molecular weight excluding hydrogens is 458 g/mol. The molecule has 0 unspecified atom stereocenters. The minimum Gasteiger partial charge on any atom is -0.494 e. The van der Waals surface area contributed by atoms with E-state index in [0.717, 1.165) is 16.3 Å². The lowest BCUT2D eigenvalue weighted by Gasteiger charge is -2.14. The molecule has 0 saturated carbocycles. The van der Waals surface area contributed by atoms with Crippen molar-refractivity contribution in [3.05, 3.63) is 94.9 Å². The maximum Gasteiger partial charge on any atom is 0.266 e. The minimum atomic E-state index is -0.482. The summed E-state index contributed by atoms with van der Waals surface area (Å²) in [6, 6.07) is 16.6. The van der Waals surface area contributed by atoms with Crippen LogP contribution in [0.1, 0.15) is 49.4 Å². The number of nitrogens with zero attached hydrogens (tertiary/aromatic N) is 4. The van der Waals surface area contributed by atoms with Crippen molar-refractivity contribution in [1.29, 1.82) is 0 Å². The largest absolute Gasteiger partial charge is 0.494 e. The Labute approximate surface area is 207 Å². The summed E-state index contributed by atoms with van der Waals surface area (Å²) in [5.74, 6) is -0.0539. The Morgan fingerprint density at radius 2 is 1.69 bits per heavy atom. The second-order valence-corrected chi connectivity index (χ2v) is 8.33. The highest BCUT2D eigenvalue weighted by molar-refractivity contribution is 6.34. The second-order valence-electron chi connectivity index (χ2n) is 8.33. The van der Waals surface area contributed by atoms with Crippen LogP contribution in [0.15, 0.2) is 66.9 Å². The number of hydrogen-bond acceptors (Lipinski definition) is 6. The third kappa shape index (κ3) is 4.11. The number of benzene rings is 2. The van der Waals surface area contributed by atoms with Gasteiger partial charge in [0.05, 0.1) is 41.0 Å². The van der Waals surface area contributed by atoms with Gasteiger partial charge in [0.1, 0.15) is 5.75 Å². The van der Waals surface area contributed by atoms with Gasteiger partial charge in [-0.05, 0) is 81.4 Å². The van der Waals surface area contributed by atoms with Crippen LogP contribution in [0, 0.1) is 13.8 Å². The van der Waals surface area contributed by atoms with Gasteiger partial charge in [0.2, 0.25) is 0 Å². The number of carbonyl (C=O) groups excluding carboxylic acids is 3. The van der Waals surface area contributed by atoms with Gasteiger partial charge < -0.3 is 10.1 Å². The van der Waals surface area contributed by atoms with Gasteiger partial charge in [0.15, 0.2) is 5.82 Å². The van der Waals surface area contributed by atoms with Gasteiger partial charge >= 0.3 is 0 Å². The maximum absolute atomic E-state index is 13.1. The molecule has 3 heterocycles. The molecule has 1 N–H and O–H groups in total. The average Bonchev–Trinajstić information content (AvgIpc) is 3.34. The highest BCUT2D eigenvalue weighted by Crippen LogP contribution is 2.30. The molecule has 4 aromatic rings. The van der Waals surface area contributed by atoms with Crippen molar-refractivity contribution in [3.63, 3.8) is 0 Å². The summed E-state index contributed by atoms with van der Waals surface area (Å²) in [4.78, 5) is 44.4. The normalized spacial score (nSPS) is 12.6. The highest BCUT2D eigenvalue weighted by atomic mass is 16.5. The molecule has 1 aliphatic heterocycles. The molecule has 2 aromatic heterocycles. The number of pyridine rings is 1. The van der Waals surface area contributed by atoms with E-state index in [1.807, 2.05) is 26.8 Å². The first-order chi connectivity index (χ1) is 17.4. The van der Waals surface area contributed by atoms with E-state index in [9.17, 15) is 14.4 Å². The molecule has 2 aromatic carbocycles. The van der Waals surface area contributed by atoms with Crippen LogP contribution in [0.3, 0.4) is 0 Å². The van der Waals surface area contributed by atoms with E-state index in [2.05, 4.69) is 15.4 Å². The zero-order chi connectivity index (χ0) is 25.4. The number of amides is 3.